The van der Waals surface area contributed by atoms with E-state index < -0.39 is 5.91 Å². The molecule has 3 aromatic carbocycles. The third kappa shape index (κ3) is 7.08. The maximum Gasteiger partial charge on any atom is 0.266 e. The lowest BCUT2D eigenvalue weighted by Gasteiger charge is -2.15. The highest BCUT2D eigenvalue weighted by atomic mass is 127. The summed E-state index contributed by atoms with van der Waals surface area (Å²) in [5.74, 6) is 0.623. The second kappa shape index (κ2) is 12.6. The lowest BCUT2D eigenvalue weighted by Crippen LogP contribution is -2.13. The van der Waals surface area contributed by atoms with Gasteiger partial charge in [0.25, 0.3) is 5.91 Å². The highest BCUT2D eigenvalue weighted by molar-refractivity contribution is 14.1. The summed E-state index contributed by atoms with van der Waals surface area (Å²) in [5, 5.41) is 12.4. The van der Waals surface area contributed by atoms with Crippen LogP contribution in [0.5, 0.6) is 11.5 Å². The normalized spacial score (nSPS) is 11.0. The van der Waals surface area contributed by atoms with Crippen LogP contribution in [0.2, 0.25) is 0 Å². The molecule has 34 heavy (non-hydrogen) atoms. The molecular weight excluding hydrogens is 607 g/mol. The van der Waals surface area contributed by atoms with Gasteiger partial charge < -0.3 is 14.8 Å². The zero-order valence-corrected chi connectivity index (χ0v) is 22.6. The largest absolute Gasteiger partial charge is 0.490 e. The van der Waals surface area contributed by atoms with Crippen LogP contribution in [0.3, 0.4) is 0 Å². The number of carbonyl (C=O) groups is 1. The zero-order chi connectivity index (χ0) is 24.5. The Morgan fingerprint density at radius 3 is 2.35 bits per heavy atom. The Labute approximate surface area is 222 Å². The third-order valence-electron chi connectivity index (χ3n) is 4.92. The molecule has 5 nitrogen and oxygen atoms in total. The molecule has 0 atom stereocenters. The molecule has 174 valence electrons. The highest BCUT2D eigenvalue weighted by Crippen LogP contribution is 2.38. The van der Waals surface area contributed by atoms with Gasteiger partial charge in [0.1, 0.15) is 18.2 Å². The topological polar surface area (TPSA) is 71.3 Å². The molecule has 0 radical (unpaired) electrons. The van der Waals surface area contributed by atoms with Gasteiger partial charge in [0, 0.05) is 9.26 Å². The molecule has 0 fully saturated rings. The number of halogens is 2. The highest BCUT2D eigenvalue weighted by Gasteiger charge is 2.15. The first kappa shape index (κ1) is 25.8. The maximum atomic E-state index is 12.7. The number of nitrogens with zero attached hydrogens (tertiary/aromatic N) is 1. The molecule has 1 N–H and O–H groups in total. The van der Waals surface area contributed by atoms with Crippen molar-refractivity contribution < 1.29 is 14.3 Å². The molecule has 0 bridgehead atoms. The summed E-state index contributed by atoms with van der Waals surface area (Å²) in [6, 6.07) is 21.2. The van der Waals surface area contributed by atoms with Crippen molar-refractivity contribution >= 4 is 56.2 Å². The van der Waals surface area contributed by atoms with Gasteiger partial charge in [-0.1, -0.05) is 31.2 Å². The Bertz CT molecular complexity index is 1220. The summed E-state index contributed by atoms with van der Waals surface area (Å²) in [5.41, 5.74) is 3.48. The Kier molecular flexibility index (Phi) is 9.54. The number of anilines is 1. The molecule has 3 rings (SSSR count). The monoisotopic (exact) mass is 630 g/mol. The Morgan fingerprint density at radius 2 is 1.74 bits per heavy atom. The van der Waals surface area contributed by atoms with Crippen molar-refractivity contribution in [2.75, 3.05) is 11.9 Å². The first-order valence-electron chi connectivity index (χ1n) is 10.8. The van der Waals surface area contributed by atoms with Crippen LogP contribution in [0.4, 0.5) is 5.69 Å². The standard InChI is InChI=1S/C27H24BrIN2O3/c1-3-18-7-11-23(12-8-18)31-27(32)21(16-30)13-20-14-24(28)26(25(15-20)33-4-2)34-17-19-5-9-22(29)10-6-19/h5-15H,3-4,17H2,1-2H3,(H,31,32)/b21-13+. The summed E-state index contributed by atoms with van der Waals surface area (Å²) in [7, 11) is 0. The number of rotatable bonds is 9. The second-order valence-corrected chi connectivity index (χ2v) is 9.45. The number of aryl methyl sites for hydroxylation is 1. The van der Waals surface area contributed by atoms with Crippen molar-refractivity contribution in [3.8, 4) is 17.6 Å². The predicted molar refractivity (Wildman–Crippen MR) is 147 cm³/mol. The van der Waals surface area contributed by atoms with Gasteiger partial charge in [0.2, 0.25) is 0 Å². The SMILES string of the molecule is CCOc1cc(/C=C(\C#N)C(=O)Nc2ccc(CC)cc2)cc(Br)c1OCc1ccc(I)cc1. The van der Waals surface area contributed by atoms with E-state index in [1.54, 1.807) is 12.1 Å². The minimum absolute atomic E-state index is 0.0125. The van der Waals surface area contributed by atoms with Crippen LogP contribution in [0, 0.1) is 14.9 Å². The van der Waals surface area contributed by atoms with E-state index in [1.807, 2.05) is 61.5 Å². The Morgan fingerprint density at radius 1 is 1.06 bits per heavy atom. The summed E-state index contributed by atoms with van der Waals surface area (Å²) in [6.45, 7) is 4.78. The van der Waals surface area contributed by atoms with Gasteiger partial charge in [0.15, 0.2) is 11.5 Å². The fraction of sp³-hybridized carbons (Fsp3) is 0.185. The minimum Gasteiger partial charge on any atom is -0.490 e. The smallest absolute Gasteiger partial charge is 0.266 e. The Hall–Kier alpha value is -2.83. The van der Waals surface area contributed by atoms with E-state index in [2.05, 4.69) is 50.8 Å². The molecule has 3 aromatic rings. The van der Waals surface area contributed by atoms with Crippen molar-refractivity contribution in [1.29, 1.82) is 5.26 Å². The number of amides is 1. The van der Waals surface area contributed by atoms with E-state index >= 15 is 0 Å². The van der Waals surface area contributed by atoms with Crippen molar-refractivity contribution in [3.05, 3.63) is 91.0 Å². The van der Waals surface area contributed by atoms with E-state index in [-0.39, 0.29) is 5.57 Å². The van der Waals surface area contributed by atoms with Gasteiger partial charge in [0.05, 0.1) is 11.1 Å². The number of hydrogen-bond acceptors (Lipinski definition) is 4. The van der Waals surface area contributed by atoms with Gasteiger partial charge >= 0.3 is 0 Å². The van der Waals surface area contributed by atoms with E-state index in [1.165, 1.54) is 11.6 Å². The first-order chi connectivity index (χ1) is 16.4. The lowest BCUT2D eigenvalue weighted by atomic mass is 10.1. The van der Waals surface area contributed by atoms with Crippen LogP contribution in [-0.2, 0) is 17.8 Å². The fourth-order valence-corrected chi connectivity index (χ4v) is 4.08. The van der Waals surface area contributed by atoms with E-state index in [4.69, 9.17) is 9.47 Å². The maximum absolute atomic E-state index is 12.7. The molecule has 0 aromatic heterocycles. The van der Waals surface area contributed by atoms with Crippen molar-refractivity contribution in [2.24, 2.45) is 0 Å². The Balaban J connectivity index is 1.81. The van der Waals surface area contributed by atoms with Crippen molar-refractivity contribution in [1.82, 2.24) is 0 Å². The number of carbonyl (C=O) groups excluding carboxylic acids is 1. The summed E-state index contributed by atoms with van der Waals surface area (Å²) >= 11 is 5.81. The molecule has 0 aliphatic heterocycles. The van der Waals surface area contributed by atoms with Crippen LogP contribution in [0.25, 0.3) is 6.08 Å². The fourth-order valence-electron chi connectivity index (χ4n) is 3.15. The molecule has 1 amide bonds. The number of nitriles is 1. The van der Waals surface area contributed by atoms with Gasteiger partial charge in [-0.3, -0.25) is 4.79 Å². The first-order valence-corrected chi connectivity index (χ1v) is 12.7. The lowest BCUT2D eigenvalue weighted by molar-refractivity contribution is -0.112. The molecule has 0 unspecified atom stereocenters. The van der Waals surface area contributed by atoms with Gasteiger partial charge in [-0.2, -0.15) is 5.26 Å². The summed E-state index contributed by atoms with van der Waals surface area (Å²) in [6.07, 6.45) is 2.45. The van der Waals surface area contributed by atoms with Gasteiger partial charge in [-0.05, 0) is 111 Å². The molecule has 0 saturated heterocycles. The molecular formula is C27H24BrIN2O3. The van der Waals surface area contributed by atoms with E-state index in [9.17, 15) is 10.1 Å². The van der Waals surface area contributed by atoms with Crippen LogP contribution in [-0.4, -0.2) is 12.5 Å². The van der Waals surface area contributed by atoms with Gasteiger partial charge in [-0.15, -0.1) is 0 Å². The molecule has 0 aliphatic rings. The summed E-state index contributed by atoms with van der Waals surface area (Å²) in [4.78, 5) is 12.7. The van der Waals surface area contributed by atoms with Crippen LogP contribution in [0.1, 0.15) is 30.5 Å². The zero-order valence-electron chi connectivity index (χ0n) is 18.9. The van der Waals surface area contributed by atoms with Crippen LogP contribution >= 0.6 is 38.5 Å². The third-order valence-corrected chi connectivity index (χ3v) is 6.23. The van der Waals surface area contributed by atoms with Crippen LogP contribution < -0.4 is 14.8 Å². The predicted octanol–water partition coefficient (Wildman–Crippen LogP) is 7.14. The minimum atomic E-state index is -0.472. The second-order valence-electron chi connectivity index (χ2n) is 7.35. The van der Waals surface area contributed by atoms with Gasteiger partial charge in [-0.25, -0.2) is 0 Å². The van der Waals surface area contributed by atoms with E-state index in [0.29, 0.717) is 40.4 Å². The molecule has 7 heteroatoms. The van der Waals surface area contributed by atoms with Crippen molar-refractivity contribution in [3.63, 3.8) is 0 Å². The molecule has 0 saturated carbocycles. The average molecular weight is 631 g/mol. The number of nitrogens with one attached hydrogen (secondary N) is 1. The summed E-state index contributed by atoms with van der Waals surface area (Å²) < 4.78 is 13.7. The van der Waals surface area contributed by atoms with E-state index in [0.717, 1.165) is 15.6 Å². The molecule has 0 aliphatic carbocycles. The average Bonchev–Trinajstić information content (AvgIpc) is 2.83. The van der Waals surface area contributed by atoms with Crippen LogP contribution in [0.15, 0.2) is 70.7 Å². The molecule has 0 spiro atoms. The number of hydrogen-bond donors (Lipinski definition) is 1. The number of ether oxygens (including phenoxy) is 2. The molecule has 0 heterocycles. The van der Waals surface area contributed by atoms with Crippen molar-refractivity contribution in [2.45, 2.75) is 26.9 Å². The quantitative estimate of drug-likeness (QED) is 0.155. The number of benzene rings is 3.